The standard InChI is InChI=1S/C18H23NS/c1-4-11-19-13-16-7-10-18(15(3)12-16)20-17-8-5-14(2)6-9-17/h5-10,12,19H,4,11,13H2,1-3H3. The Kier molecular flexibility index (Phi) is 5.69. The highest BCUT2D eigenvalue weighted by atomic mass is 32.2. The largest absolute Gasteiger partial charge is 0.313 e. The molecule has 0 atom stereocenters. The van der Waals surface area contributed by atoms with Crippen molar-refractivity contribution in [3.05, 3.63) is 59.2 Å². The third kappa shape index (κ3) is 4.39. The van der Waals surface area contributed by atoms with Crippen molar-refractivity contribution in [3.63, 3.8) is 0 Å². The zero-order valence-corrected chi connectivity index (χ0v) is 13.4. The molecule has 0 aliphatic heterocycles. The van der Waals surface area contributed by atoms with Gasteiger partial charge in [-0.1, -0.05) is 48.5 Å². The van der Waals surface area contributed by atoms with Crippen molar-refractivity contribution < 1.29 is 0 Å². The summed E-state index contributed by atoms with van der Waals surface area (Å²) in [6.45, 7) is 8.56. The predicted octanol–water partition coefficient (Wildman–Crippen LogP) is 4.95. The summed E-state index contributed by atoms with van der Waals surface area (Å²) in [4.78, 5) is 2.64. The highest BCUT2D eigenvalue weighted by Gasteiger charge is 2.03. The molecule has 2 heteroatoms. The van der Waals surface area contributed by atoms with Crippen LogP contribution in [0, 0.1) is 13.8 Å². The molecule has 0 heterocycles. The Bertz CT molecular complexity index is 546. The highest BCUT2D eigenvalue weighted by molar-refractivity contribution is 7.99. The van der Waals surface area contributed by atoms with E-state index in [1.54, 1.807) is 0 Å². The fraction of sp³-hybridized carbons (Fsp3) is 0.333. The average molecular weight is 285 g/mol. The Morgan fingerprint density at radius 3 is 2.40 bits per heavy atom. The minimum absolute atomic E-state index is 0.962. The Morgan fingerprint density at radius 2 is 1.75 bits per heavy atom. The van der Waals surface area contributed by atoms with E-state index in [9.17, 15) is 0 Å². The zero-order valence-electron chi connectivity index (χ0n) is 12.6. The van der Waals surface area contributed by atoms with E-state index in [1.165, 1.54) is 32.9 Å². The van der Waals surface area contributed by atoms with Crippen LogP contribution in [0.5, 0.6) is 0 Å². The average Bonchev–Trinajstić information content (AvgIpc) is 2.44. The van der Waals surface area contributed by atoms with Crippen molar-refractivity contribution in [2.24, 2.45) is 0 Å². The van der Waals surface area contributed by atoms with Crippen LogP contribution in [0.25, 0.3) is 0 Å². The van der Waals surface area contributed by atoms with E-state index >= 15 is 0 Å². The molecule has 0 aliphatic carbocycles. The molecular formula is C18H23NS. The van der Waals surface area contributed by atoms with E-state index in [0.29, 0.717) is 0 Å². The number of aryl methyl sites for hydroxylation is 2. The summed E-state index contributed by atoms with van der Waals surface area (Å²) in [6.07, 6.45) is 1.18. The summed E-state index contributed by atoms with van der Waals surface area (Å²) in [6, 6.07) is 15.5. The molecule has 106 valence electrons. The molecule has 0 saturated carbocycles. The van der Waals surface area contributed by atoms with Crippen molar-refractivity contribution in [1.82, 2.24) is 5.32 Å². The van der Waals surface area contributed by atoms with E-state index in [4.69, 9.17) is 0 Å². The van der Waals surface area contributed by atoms with Crippen molar-refractivity contribution in [3.8, 4) is 0 Å². The first-order valence-electron chi connectivity index (χ1n) is 7.24. The van der Waals surface area contributed by atoms with Crippen molar-refractivity contribution in [1.29, 1.82) is 0 Å². The lowest BCUT2D eigenvalue weighted by molar-refractivity contribution is 0.675. The second-order valence-electron chi connectivity index (χ2n) is 5.19. The molecule has 1 nitrogen and oxygen atoms in total. The molecule has 2 rings (SSSR count). The maximum Gasteiger partial charge on any atom is 0.0205 e. The molecule has 1 N–H and O–H groups in total. The second kappa shape index (κ2) is 7.51. The molecule has 0 unspecified atom stereocenters. The number of nitrogens with one attached hydrogen (secondary N) is 1. The van der Waals surface area contributed by atoms with Crippen LogP contribution in [0.2, 0.25) is 0 Å². The van der Waals surface area contributed by atoms with Crippen LogP contribution in [0.1, 0.15) is 30.0 Å². The van der Waals surface area contributed by atoms with Crippen LogP contribution in [0.4, 0.5) is 0 Å². The van der Waals surface area contributed by atoms with Gasteiger partial charge in [-0.25, -0.2) is 0 Å². The van der Waals surface area contributed by atoms with E-state index in [2.05, 4.69) is 68.6 Å². The minimum atomic E-state index is 0.962. The van der Waals surface area contributed by atoms with Crippen molar-refractivity contribution >= 4 is 11.8 Å². The molecule has 0 fully saturated rings. The Morgan fingerprint density at radius 1 is 1.00 bits per heavy atom. The van der Waals surface area contributed by atoms with Crippen LogP contribution in [0.3, 0.4) is 0 Å². The van der Waals surface area contributed by atoms with Crippen LogP contribution in [0.15, 0.2) is 52.3 Å². The maximum absolute atomic E-state index is 3.45. The molecule has 0 radical (unpaired) electrons. The van der Waals surface area contributed by atoms with Gasteiger partial charge in [-0.05, 0) is 56.1 Å². The molecule has 0 aromatic heterocycles. The first kappa shape index (κ1) is 15.1. The van der Waals surface area contributed by atoms with Crippen molar-refractivity contribution in [2.75, 3.05) is 6.54 Å². The van der Waals surface area contributed by atoms with E-state index in [1.807, 2.05) is 11.8 Å². The Hall–Kier alpha value is -1.25. The van der Waals surface area contributed by atoms with Gasteiger partial charge >= 0.3 is 0 Å². The first-order chi connectivity index (χ1) is 9.69. The molecular weight excluding hydrogens is 262 g/mol. The monoisotopic (exact) mass is 285 g/mol. The van der Waals surface area contributed by atoms with Gasteiger partial charge < -0.3 is 5.32 Å². The summed E-state index contributed by atoms with van der Waals surface area (Å²) in [5.41, 5.74) is 4.03. The smallest absolute Gasteiger partial charge is 0.0205 e. The number of hydrogen-bond acceptors (Lipinski definition) is 2. The first-order valence-corrected chi connectivity index (χ1v) is 8.05. The lowest BCUT2D eigenvalue weighted by Crippen LogP contribution is -2.13. The quantitative estimate of drug-likeness (QED) is 0.753. The van der Waals surface area contributed by atoms with Gasteiger partial charge in [-0.3, -0.25) is 0 Å². The highest BCUT2D eigenvalue weighted by Crippen LogP contribution is 2.30. The summed E-state index contributed by atoms with van der Waals surface area (Å²) in [5.74, 6) is 0. The number of benzene rings is 2. The summed E-state index contributed by atoms with van der Waals surface area (Å²) < 4.78 is 0. The fourth-order valence-electron chi connectivity index (χ4n) is 2.08. The van der Waals surface area contributed by atoms with Crippen LogP contribution < -0.4 is 5.32 Å². The molecule has 0 aliphatic rings. The minimum Gasteiger partial charge on any atom is -0.313 e. The summed E-state index contributed by atoms with van der Waals surface area (Å²) in [7, 11) is 0. The second-order valence-corrected chi connectivity index (χ2v) is 6.31. The third-order valence-electron chi connectivity index (χ3n) is 3.24. The third-order valence-corrected chi connectivity index (χ3v) is 4.43. The van der Waals surface area contributed by atoms with E-state index < -0.39 is 0 Å². The fourth-order valence-corrected chi connectivity index (χ4v) is 2.96. The molecule has 0 spiro atoms. The van der Waals surface area contributed by atoms with E-state index in [-0.39, 0.29) is 0 Å². The Balaban J connectivity index is 2.03. The maximum atomic E-state index is 3.45. The predicted molar refractivity (Wildman–Crippen MR) is 88.5 cm³/mol. The lowest BCUT2D eigenvalue weighted by atomic mass is 10.1. The normalized spacial score (nSPS) is 10.8. The van der Waals surface area contributed by atoms with Gasteiger partial charge in [0.2, 0.25) is 0 Å². The van der Waals surface area contributed by atoms with Gasteiger partial charge in [0.1, 0.15) is 0 Å². The summed E-state index contributed by atoms with van der Waals surface area (Å²) >= 11 is 1.84. The van der Waals surface area contributed by atoms with Gasteiger partial charge in [-0.15, -0.1) is 0 Å². The Labute approximate surface area is 126 Å². The van der Waals surface area contributed by atoms with Gasteiger partial charge in [0, 0.05) is 16.3 Å². The topological polar surface area (TPSA) is 12.0 Å². The molecule has 0 bridgehead atoms. The molecule has 0 amide bonds. The molecule has 20 heavy (non-hydrogen) atoms. The van der Waals surface area contributed by atoms with Crippen molar-refractivity contribution in [2.45, 2.75) is 43.5 Å². The molecule has 2 aromatic carbocycles. The van der Waals surface area contributed by atoms with E-state index in [0.717, 1.165) is 13.1 Å². The summed E-state index contributed by atoms with van der Waals surface area (Å²) in [5, 5.41) is 3.45. The zero-order chi connectivity index (χ0) is 14.4. The van der Waals surface area contributed by atoms with Crippen LogP contribution in [-0.2, 0) is 6.54 Å². The lowest BCUT2D eigenvalue weighted by Gasteiger charge is -2.09. The SMILES string of the molecule is CCCNCc1ccc(Sc2ccc(C)cc2)c(C)c1. The van der Waals surface area contributed by atoms with Gasteiger partial charge in [0.25, 0.3) is 0 Å². The number of rotatable bonds is 6. The van der Waals surface area contributed by atoms with Gasteiger partial charge in [0.15, 0.2) is 0 Å². The number of hydrogen-bond donors (Lipinski definition) is 1. The van der Waals surface area contributed by atoms with Crippen LogP contribution >= 0.6 is 11.8 Å². The van der Waals surface area contributed by atoms with Gasteiger partial charge in [0.05, 0.1) is 0 Å². The molecule has 2 aromatic rings. The van der Waals surface area contributed by atoms with Crippen LogP contribution in [-0.4, -0.2) is 6.54 Å². The van der Waals surface area contributed by atoms with Gasteiger partial charge in [-0.2, -0.15) is 0 Å². The molecule has 0 saturated heterocycles.